The van der Waals surface area contributed by atoms with Crippen molar-refractivity contribution in [2.45, 2.75) is 32.1 Å². The number of hydrogen-bond acceptors (Lipinski definition) is 8. The molecule has 0 atom stereocenters. The first kappa shape index (κ1) is 18.1. The van der Waals surface area contributed by atoms with Crippen molar-refractivity contribution in [1.82, 2.24) is 20.2 Å². The summed E-state index contributed by atoms with van der Waals surface area (Å²) in [7, 11) is 0. The van der Waals surface area contributed by atoms with Crippen molar-refractivity contribution in [3.8, 4) is 0 Å². The van der Waals surface area contributed by atoms with Crippen molar-refractivity contribution >= 4 is 49.8 Å². The molecule has 1 aliphatic carbocycles. The Bertz CT molecular complexity index is 1180. The average molecular weight is 424 g/mol. The normalized spacial score (nSPS) is 13.4. The van der Waals surface area contributed by atoms with E-state index in [9.17, 15) is 4.79 Å². The van der Waals surface area contributed by atoms with Crippen LogP contribution in [0.5, 0.6) is 0 Å². The average Bonchev–Trinajstić information content (AvgIpc) is 3.36. The molecule has 2 N–H and O–H groups in total. The van der Waals surface area contributed by atoms with Gasteiger partial charge < -0.3 is 10.4 Å². The molecule has 7 nitrogen and oxygen atoms in total. The maximum Gasteiger partial charge on any atom is 0.355 e. The number of nitrogens with one attached hydrogen (secondary N) is 1. The topological polar surface area (TPSA) is 101 Å². The Balaban J connectivity index is 1.46. The van der Waals surface area contributed by atoms with E-state index in [4.69, 9.17) is 5.11 Å². The molecule has 4 aromatic rings. The van der Waals surface area contributed by atoms with Gasteiger partial charge in [-0.2, -0.15) is 5.10 Å². The van der Waals surface area contributed by atoms with Crippen molar-refractivity contribution in [2.24, 2.45) is 0 Å². The molecule has 0 fully saturated rings. The quantitative estimate of drug-likeness (QED) is 0.489. The van der Waals surface area contributed by atoms with E-state index in [2.05, 4.69) is 31.5 Å². The monoisotopic (exact) mass is 423 g/mol. The maximum absolute atomic E-state index is 11.1. The summed E-state index contributed by atoms with van der Waals surface area (Å²) in [6, 6.07) is 8.05. The fourth-order valence-corrected chi connectivity index (χ4v) is 5.26. The van der Waals surface area contributed by atoms with Crippen LogP contribution in [-0.2, 0) is 19.3 Å². The first-order valence-corrected chi connectivity index (χ1v) is 11.0. The second-order valence-corrected chi connectivity index (χ2v) is 8.85. The number of nitrogens with zero attached hydrogens (tertiary/aromatic N) is 4. The number of hydrogen-bond donors (Lipinski definition) is 2. The standard InChI is InChI=1S/C20H17N5O2S2/c26-19(27)15-10-28-17(21-15)9-14-11-5-1-2-6-12(11)18(25-24-14)23-20-22-13-7-3-4-8-16(13)29-20/h3-4,7-8,10H,1-2,5-6,9H2,(H,26,27)(H,22,23,25). The Kier molecular flexibility index (Phi) is 4.69. The minimum absolute atomic E-state index is 0.0842. The van der Waals surface area contributed by atoms with Crippen LogP contribution >= 0.6 is 22.7 Å². The summed E-state index contributed by atoms with van der Waals surface area (Å²) in [6.45, 7) is 0. The highest BCUT2D eigenvalue weighted by atomic mass is 32.1. The van der Waals surface area contributed by atoms with E-state index in [0.29, 0.717) is 6.42 Å². The van der Waals surface area contributed by atoms with Gasteiger partial charge >= 0.3 is 5.97 Å². The molecular weight excluding hydrogens is 406 g/mol. The van der Waals surface area contributed by atoms with E-state index >= 15 is 0 Å². The molecule has 1 aliphatic rings. The van der Waals surface area contributed by atoms with Crippen LogP contribution in [-0.4, -0.2) is 31.2 Å². The predicted molar refractivity (Wildman–Crippen MR) is 113 cm³/mol. The SMILES string of the molecule is O=C(O)c1csc(Cc2nnc(Nc3nc4ccccc4s3)c3c2CCCC3)n1. The van der Waals surface area contributed by atoms with E-state index in [1.165, 1.54) is 22.5 Å². The third kappa shape index (κ3) is 3.58. The van der Waals surface area contributed by atoms with Crippen molar-refractivity contribution in [1.29, 1.82) is 0 Å². The van der Waals surface area contributed by atoms with Crippen LogP contribution in [0.1, 0.15) is 45.2 Å². The van der Waals surface area contributed by atoms with E-state index in [-0.39, 0.29) is 5.69 Å². The van der Waals surface area contributed by atoms with Crippen LogP contribution in [0, 0.1) is 0 Å². The molecule has 3 heterocycles. The van der Waals surface area contributed by atoms with Gasteiger partial charge in [0.1, 0.15) is 0 Å². The summed E-state index contributed by atoms with van der Waals surface area (Å²) < 4.78 is 1.13. The van der Waals surface area contributed by atoms with E-state index in [1.54, 1.807) is 16.7 Å². The summed E-state index contributed by atoms with van der Waals surface area (Å²) in [6.07, 6.45) is 4.64. The number of carbonyl (C=O) groups is 1. The zero-order valence-electron chi connectivity index (χ0n) is 15.4. The molecule has 5 rings (SSSR count). The molecule has 0 saturated carbocycles. The van der Waals surface area contributed by atoms with Gasteiger partial charge in [-0.3, -0.25) is 0 Å². The van der Waals surface area contributed by atoms with Crippen LogP contribution in [0.3, 0.4) is 0 Å². The molecule has 29 heavy (non-hydrogen) atoms. The summed E-state index contributed by atoms with van der Waals surface area (Å²) >= 11 is 2.95. The van der Waals surface area contributed by atoms with Crippen molar-refractivity contribution in [2.75, 3.05) is 5.32 Å². The number of benzene rings is 1. The minimum Gasteiger partial charge on any atom is -0.476 e. The van der Waals surface area contributed by atoms with Crippen molar-refractivity contribution in [3.63, 3.8) is 0 Å². The van der Waals surface area contributed by atoms with Crippen molar-refractivity contribution in [3.05, 3.63) is 57.2 Å². The molecule has 0 bridgehead atoms. The molecule has 0 saturated heterocycles. The van der Waals surface area contributed by atoms with E-state index in [1.807, 2.05) is 18.2 Å². The summed E-state index contributed by atoms with van der Waals surface area (Å²) in [4.78, 5) is 19.9. The van der Waals surface area contributed by atoms with Gasteiger partial charge in [0.15, 0.2) is 16.6 Å². The highest BCUT2D eigenvalue weighted by Crippen LogP contribution is 2.33. The van der Waals surface area contributed by atoms with Crippen LogP contribution in [0.2, 0.25) is 0 Å². The van der Waals surface area contributed by atoms with Gasteiger partial charge in [-0.15, -0.1) is 16.4 Å². The number of carboxylic acid groups (broad SMARTS) is 1. The summed E-state index contributed by atoms with van der Waals surface area (Å²) in [5.41, 5.74) is 4.34. The second kappa shape index (κ2) is 7.49. The Morgan fingerprint density at radius 1 is 1.10 bits per heavy atom. The Morgan fingerprint density at radius 3 is 2.72 bits per heavy atom. The lowest BCUT2D eigenvalue weighted by atomic mass is 9.90. The number of aromatic nitrogens is 4. The zero-order valence-corrected chi connectivity index (χ0v) is 17.0. The highest BCUT2D eigenvalue weighted by Gasteiger charge is 2.21. The van der Waals surface area contributed by atoms with E-state index in [0.717, 1.165) is 57.6 Å². The minimum atomic E-state index is -1.00. The van der Waals surface area contributed by atoms with Gasteiger partial charge in [-0.1, -0.05) is 23.5 Å². The second-order valence-electron chi connectivity index (χ2n) is 6.88. The molecule has 3 aromatic heterocycles. The van der Waals surface area contributed by atoms with E-state index < -0.39 is 5.97 Å². The highest BCUT2D eigenvalue weighted by molar-refractivity contribution is 7.22. The Morgan fingerprint density at radius 2 is 1.93 bits per heavy atom. The van der Waals surface area contributed by atoms with Gasteiger partial charge in [-0.05, 0) is 43.4 Å². The molecule has 0 spiro atoms. The molecule has 1 aromatic carbocycles. The number of anilines is 2. The van der Waals surface area contributed by atoms with Gasteiger partial charge in [0.25, 0.3) is 0 Å². The zero-order chi connectivity index (χ0) is 19.8. The van der Waals surface area contributed by atoms with Crippen LogP contribution in [0.15, 0.2) is 29.6 Å². The number of carboxylic acids is 1. The third-order valence-electron chi connectivity index (χ3n) is 4.98. The van der Waals surface area contributed by atoms with Crippen LogP contribution < -0.4 is 5.32 Å². The molecule has 9 heteroatoms. The molecule has 146 valence electrons. The first-order valence-electron chi connectivity index (χ1n) is 9.35. The number of fused-ring (bicyclic) bond motifs is 2. The molecule has 0 unspecified atom stereocenters. The first-order chi connectivity index (χ1) is 14.2. The van der Waals surface area contributed by atoms with Crippen LogP contribution in [0.25, 0.3) is 10.2 Å². The van der Waals surface area contributed by atoms with Gasteiger partial charge in [0.2, 0.25) is 0 Å². The van der Waals surface area contributed by atoms with Crippen LogP contribution in [0.4, 0.5) is 10.9 Å². The smallest absolute Gasteiger partial charge is 0.355 e. The molecule has 0 radical (unpaired) electrons. The number of aromatic carboxylic acids is 1. The lowest BCUT2D eigenvalue weighted by Gasteiger charge is -2.20. The number of para-hydroxylation sites is 1. The molecular formula is C20H17N5O2S2. The van der Waals surface area contributed by atoms with Gasteiger partial charge in [-0.25, -0.2) is 14.8 Å². The van der Waals surface area contributed by atoms with Gasteiger partial charge in [0, 0.05) is 17.4 Å². The van der Waals surface area contributed by atoms with Gasteiger partial charge in [0.05, 0.1) is 20.9 Å². The fraction of sp³-hybridized carbons (Fsp3) is 0.250. The molecule has 0 aliphatic heterocycles. The summed E-state index contributed by atoms with van der Waals surface area (Å²) in [5, 5.41) is 24.5. The Hall–Kier alpha value is -2.91. The lowest BCUT2D eigenvalue weighted by molar-refractivity contribution is 0.0691. The fourth-order valence-electron chi connectivity index (χ4n) is 3.62. The number of rotatable bonds is 5. The lowest BCUT2D eigenvalue weighted by Crippen LogP contribution is -2.14. The Labute approximate surface area is 174 Å². The predicted octanol–water partition coefficient (Wildman–Crippen LogP) is 4.45. The maximum atomic E-state index is 11.1. The third-order valence-corrected chi connectivity index (χ3v) is 6.78. The number of thiazole rings is 2. The van der Waals surface area contributed by atoms with Crippen molar-refractivity contribution < 1.29 is 9.90 Å². The summed E-state index contributed by atoms with van der Waals surface area (Å²) in [5.74, 6) is -0.233. The largest absolute Gasteiger partial charge is 0.476 e. The molecule has 0 amide bonds.